The zero-order valence-corrected chi connectivity index (χ0v) is 55.6. The maximum Gasteiger partial charge on any atom is 0.315 e. The second-order valence-corrected chi connectivity index (χ2v) is 31.3. The second-order valence-electron chi connectivity index (χ2n) is 31.3. The third-order valence-electron chi connectivity index (χ3n) is 25.3. The molecular formula is C65H106O31. The van der Waals surface area contributed by atoms with E-state index < -0.39 is 232 Å². The summed E-state index contributed by atoms with van der Waals surface area (Å²) in [5, 5.41) is 196. The number of allylic oxidation sites excluding steroid dienone is 2. The smallest absolute Gasteiger partial charge is 0.315 e. The van der Waals surface area contributed by atoms with Crippen molar-refractivity contribution in [3.63, 3.8) is 0 Å². The van der Waals surface area contributed by atoms with Crippen molar-refractivity contribution in [2.45, 2.75) is 304 Å². The Morgan fingerprint density at radius 3 is 1.71 bits per heavy atom. The minimum atomic E-state index is -1.92. The van der Waals surface area contributed by atoms with Crippen LogP contribution in [0.2, 0.25) is 0 Å². The summed E-state index contributed by atoms with van der Waals surface area (Å²) in [6.45, 7) is 13.2. The Kier molecular flexibility index (Phi) is 22.1. The first-order chi connectivity index (χ1) is 45.1. The van der Waals surface area contributed by atoms with Gasteiger partial charge in [-0.25, -0.2) is 0 Å². The fourth-order valence-electron chi connectivity index (χ4n) is 19.0. The molecule has 0 amide bonds. The first-order valence-corrected chi connectivity index (χ1v) is 34.1. The maximum atomic E-state index is 15.3. The number of rotatable bonds is 16. The van der Waals surface area contributed by atoms with E-state index >= 15 is 4.79 Å². The van der Waals surface area contributed by atoms with Gasteiger partial charge in [-0.3, -0.25) is 4.79 Å². The van der Waals surface area contributed by atoms with Crippen molar-refractivity contribution in [1.29, 1.82) is 0 Å². The summed E-state index contributed by atoms with van der Waals surface area (Å²) >= 11 is 0. The van der Waals surface area contributed by atoms with Crippen LogP contribution in [0.4, 0.5) is 0 Å². The molecule has 6 aliphatic heterocycles. The largest absolute Gasteiger partial charge is 0.432 e. The summed E-state index contributed by atoms with van der Waals surface area (Å²) < 4.78 is 71.4. The van der Waals surface area contributed by atoms with Gasteiger partial charge in [0.1, 0.15) is 128 Å². The fourth-order valence-corrected chi connectivity index (χ4v) is 19.0. The van der Waals surface area contributed by atoms with Crippen molar-refractivity contribution in [3.05, 3.63) is 11.6 Å². The van der Waals surface area contributed by atoms with Crippen LogP contribution in [0, 0.1) is 50.2 Å². The molecule has 0 unspecified atom stereocenters. The predicted molar refractivity (Wildman–Crippen MR) is 321 cm³/mol. The van der Waals surface area contributed by atoms with Crippen molar-refractivity contribution >= 4 is 5.97 Å². The SMILES string of the molecule is C[C@@H]1O[C@@H](O[C@H]2[C@H](O)[C@@H](O)[C@H](OC[C@H]3O[C@@H](OC(=O)[C@]45CCC(C)(C)C[C@H]4C4=CC[C@@H]6[C@@]7(C)CC[C@H](O[C@@H]8OC[C@H](O)[C@H](O)[C@H]8O[C@@H]8O[C@@H](C)[C@H](O)[C@@H](O[C@@H]9O[C@H](CO)[C@H](O)[C@H](O)[C@H]9O)[C@H]8O)[C@@](C)(CO)[C@@H]7CC[C@@]6(C)[C@]4(C)CC5)[C@H](O)[C@@H](O)[C@@H]3O)O[C@@H]2CO)[C@H](O)[C@H](O)[C@H]1O. The minimum absolute atomic E-state index is 0.0604. The van der Waals surface area contributed by atoms with Gasteiger partial charge < -0.3 is 149 Å². The van der Waals surface area contributed by atoms with Gasteiger partial charge in [0.25, 0.3) is 0 Å². The molecule has 0 bridgehead atoms. The molecule has 0 aromatic heterocycles. The number of hydrogen-bond donors (Lipinski definition) is 18. The van der Waals surface area contributed by atoms with Crippen LogP contribution in [-0.4, -0.2) is 315 Å². The molecule has 6 saturated heterocycles. The Morgan fingerprint density at radius 1 is 0.500 bits per heavy atom. The zero-order chi connectivity index (χ0) is 70.0. The topological polar surface area (TPSA) is 492 Å². The molecule has 0 spiro atoms. The molecule has 96 heavy (non-hydrogen) atoms. The third-order valence-corrected chi connectivity index (χ3v) is 25.3. The van der Waals surface area contributed by atoms with Crippen LogP contribution in [0.1, 0.15) is 120 Å². The summed E-state index contributed by atoms with van der Waals surface area (Å²) in [5.74, 6) is -1.06. The van der Waals surface area contributed by atoms with Crippen LogP contribution < -0.4 is 0 Å². The number of ether oxygens (including phenoxy) is 12. The molecule has 11 aliphatic rings. The van der Waals surface area contributed by atoms with Crippen molar-refractivity contribution < 1.29 is 154 Å². The van der Waals surface area contributed by atoms with Gasteiger partial charge in [0.15, 0.2) is 31.5 Å². The summed E-state index contributed by atoms with van der Waals surface area (Å²) in [4.78, 5) is 15.3. The highest BCUT2D eigenvalue weighted by molar-refractivity contribution is 5.79. The predicted octanol–water partition coefficient (Wildman–Crippen LogP) is -4.72. The van der Waals surface area contributed by atoms with Crippen LogP contribution >= 0.6 is 0 Å². The van der Waals surface area contributed by atoms with Crippen LogP contribution in [0.25, 0.3) is 0 Å². The average molecular weight is 1380 g/mol. The molecule has 11 rings (SSSR count). The highest BCUT2D eigenvalue weighted by Gasteiger charge is 2.71. The number of aliphatic hydroxyl groups excluding tert-OH is 18. The first kappa shape index (κ1) is 75.2. The summed E-state index contributed by atoms with van der Waals surface area (Å²) in [5.41, 5.74) is -2.31. The molecule has 38 atom stereocenters. The standard InChI is InChI=1S/C65H106O31/c1-25-36(70)41(75)45(79)54(87-25)93-50-31(21-67)90-53(48(82)44(50)78)86-23-32-40(74)43(77)47(81)56(91-32)96-59(84)65-17-15-60(3,4)19-28(65)27-9-10-34-61(5)13-12-35(62(6,24-68)33(61)11-14-64(34,8)63(27,7)16-18-65)92-58-52(38(72)29(69)22-85-58)95-57-49(83)51(37(71)26(2)88-57)94-55-46(80)42(76)39(73)30(20-66)89-55/h9,25-26,28-58,66-83H,10-24H2,1-8H3/t25-,26-,28-,29-,30+,31+,32+,33+,34+,35-,36-,37-,38-,39-,40+,41+,42-,43-,44+,45+,46+,47+,48+,49+,50+,51+,52+,53+,54-,55-,56-,57-,58-,61-,62-,63+,64+,65-/m0/s1. The van der Waals surface area contributed by atoms with Crippen LogP contribution in [0.5, 0.6) is 0 Å². The Hall–Kier alpha value is -1.95. The van der Waals surface area contributed by atoms with Crippen molar-refractivity contribution in [2.75, 3.05) is 33.0 Å². The van der Waals surface area contributed by atoms with Crippen LogP contribution in [-0.2, 0) is 61.6 Å². The van der Waals surface area contributed by atoms with Gasteiger partial charge in [-0.1, -0.05) is 53.2 Å². The lowest BCUT2D eigenvalue weighted by Gasteiger charge is -2.71. The number of fused-ring (bicyclic) bond motifs is 7. The van der Waals surface area contributed by atoms with Crippen molar-refractivity contribution in [3.8, 4) is 0 Å². The molecule has 10 fully saturated rings. The summed E-state index contributed by atoms with van der Waals surface area (Å²) in [7, 11) is 0. The molecule has 31 heteroatoms. The molecule has 18 N–H and O–H groups in total. The van der Waals surface area contributed by atoms with E-state index in [0.717, 1.165) is 12.0 Å². The van der Waals surface area contributed by atoms with Gasteiger partial charge in [-0.2, -0.15) is 0 Å². The number of carbonyl (C=O) groups is 1. The molecular weight excluding hydrogens is 1280 g/mol. The van der Waals surface area contributed by atoms with Gasteiger partial charge in [0, 0.05) is 5.41 Å². The van der Waals surface area contributed by atoms with E-state index in [1.807, 2.05) is 6.92 Å². The Bertz CT molecular complexity index is 2690. The fraction of sp³-hybridized carbons (Fsp3) is 0.954. The average Bonchev–Trinajstić information content (AvgIpc) is 0.675. The monoisotopic (exact) mass is 1380 g/mol. The lowest BCUT2D eigenvalue weighted by Crippen LogP contribution is -2.67. The molecule has 0 aromatic carbocycles. The van der Waals surface area contributed by atoms with E-state index in [2.05, 4.69) is 40.7 Å². The number of aliphatic hydroxyl groups is 18. The quantitative estimate of drug-likeness (QED) is 0.0392. The van der Waals surface area contributed by atoms with Crippen LogP contribution in [0.3, 0.4) is 0 Å². The molecule has 4 saturated carbocycles. The lowest BCUT2D eigenvalue weighted by atomic mass is 9.33. The Balaban J connectivity index is 0.770. The summed E-state index contributed by atoms with van der Waals surface area (Å²) in [6, 6.07) is 0. The van der Waals surface area contributed by atoms with Gasteiger partial charge in [0.2, 0.25) is 6.29 Å². The van der Waals surface area contributed by atoms with Crippen molar-refractivity contribution in [2.24, 2.45) is 50.2 Å². The molecule has 6 heterocycles. The first-order valence-electron chi connectivity index (χ1n) is 34.1. The van der Waals surface area contributed by atoms with E-state index in [0.29, 0.717) is 57.8 Å². The van der Waals surface area contributed by atoms with Gasteiger partial charge >= 0.3 is 5.97 Å². The summed E-state index contributed by atoms with van der Waals surface area (Å²) in [6.07, 6.45) is -40.3. The van der Waals surface area contributed by atoms with Gasteiger partial charge in [-0.15, -0.1) is 0 Å². The van der Waals surface area contributed by atoms with E-state index in [1.54, 1.807) is 0 Å². The lowest BCUT2D eigenvalue weighted by molar-refractivity contribution is -0.383. The molecule has 0 radical (unpaired) electrons. The zero-order valence-electron chi connectivity index (χ0n) is 55.6. The normalized spacial score (nSPS) is 55.1. The Labute approximate surface area is 556 Å². The number of carbonyl (C=O) groups excluding carboxylic acids is 1. The molecule has 5 aliphatic carbocycles. The molecule has 552 valence electrons. The highest BCUT2D eigenvalue weighted by Crippen LogP contribution is 2.76. The van der Waals surface area contributed by atoms with E-state index in [1.165, 1.54) is 13.8 Å². The second kappa shape index (κ2) is 28.3. The minimum Gasteiger partial charge on any atom is -0.432 e. The maximum absolute atomic E-state index is 15.3. The molecule has 31 nitrogen and oxygen atoms in total. The van der Waals surface area contributed by atoms with E-state index in [4.69, 9.17) is 56.8 Å². The molecule has 0 aromatic rings. The number of hydrogen-bond acceptors (Lipinski definition) is 31. The number of esters is 1. The van der Waals surface area contributed by atoms with Crippen molar-refractivity contribution in [1.82, 2.24) is 0 Å². The highest BCUT2D eigenvalue weighted by atomic mass is 16.8. The van der Waals surface area contributed by atoms with E-state index in [-0.39, 0.29) is 41.8 Å². The van der Waals surface area contributed by atoms with Crippen LogP contribution in [0.15, 0.2) is 11.6 Å². The van der Waals surface area contributed by atoms with Gasteiger partial charge in [0.05, 0.1) is 56.8 Å². The Morgan fingerprint density at radius 2 is 1.05 bits per heavy atom. The van der Waals surface area contributed by atoms with Gasteiger partial charge in [-0.05, 0) is 117 Å². The third kappa shape index (κ3) is 12.8. The van der Waals surface area contributed by atoms with E-state index in [9.17, 15) is 91.9 Å².